The zero-order chi connectivity index (χ0) is 11.1. The van der Waals surface area contributed by atoms with Gasteiger partial charge in [-0.1, -0.05) is 26.7 Å². The van der Waals surface area contributed by atoms with Gasteiger partial charge in [-0.3, -0.25) is 0 Å². The maximum absolute atomic E-state index is 5.14. The molecular formula is C13H27NO. The number of hydrogen-bond acceptors (Lipinski definition) is 2. The zero-order valence-electron chi connectivity index (χ0n) is 10.6. The van der Waals surface area contributed by atoms with Crippen molar-refractivity contribution in [2.45, 2.75) is 52.0 Å². The molecule has 1 N–H and O–H groups in total. The van der Waals surface area contributed by atoms with E-state index >= 15 is 0 Å². The van der Waals surface area contributed by atoms with E-state index in [0.29, 0.717) is 12.0 Å². The minimum absolute atomic E-state index is 0.629. The Kier molecular flexibility index (Phi) is 6.26. The van der Waals surface area contributed by atoms with Gasteiger partial charge in [0.2, 0.25) is 0 Å². The number of hydrogen-bond donors (Lipinski definition) is 1. The van der Waals surface area contributed by atoms with E-state index in [0.717, 1.165) is 18.9 Å². The van der Waals surface area contributed by atoms with Crippen molar-refractivity contribution in [3.63, 3.8) is 0 Å². The average molecular weight is 213 g/mol. The lowest BCUT2D eigenvalue weighted by Crippen LogP contribution is -2.35. The summed E-state index contributed by atoms with van der Waals surface area (Å²) in [6, 6.07) is 0.629. The Bertz CT molecular complexity index is 155. The molecule has 0 aromatic carbocycles. The van der Waals surface area contributed by atoms with Gasteiger partial charge in [0.25, 0.3) is 0 Å². The minimum Gasteiger partial charge on any atom is -0.385 e. The molecule has 1 aliphatic rings. The van der Waals surface area contributed by atoms with Crippen molar-refractivity contribution < 1.29 is 4.74 Å². The van der Waals surface area contributed by atoms with Gasteiger partial charge in [-0.15, -0.1) is 0 Å². The number of methoxy groups -OCH3 is 1. The Balaban J connectivity index is 2.01. The van der Waals surface area contributed by atoms with Crippen molar-refractivity contribution in [3.8, 4) is 0 Å². The maximum Gasteiger partial charge on any atom is 0.0477 e. The summed E-state index contributed by atoms with van der Waals surface area (Å²) in [5.74, 6) is 1.78. The van der Waals surface area contributed by atoms with Gasteiger partial charge in [0.05, 0.1) is 0 Å². The summed E-state index contributed by atoms with van der Waals surface area (Å²) >= 11 is 0. The fourth-order valence-electron chi connectivity index (χ4n) is 2.00. The Labute approximate surface area is 94.8 Å². The largest absolute Gasteiger partial charge is 0.385 e. The molecule has 0 heterocycles. The molecule has 0 saturated heterocycles. The van der Waals surface area contributed by atoms with Crippen LogP contribution < -0.4 is 5.32 Å². The van der Waals surface area contributed by atoms with Crippen LogP contribution in [0.4, 0.5) is 0 Å². The normalized spacial score (nSPS) is 18.4. The lowest BCUT2D eigenvalue weighted by Gasteiger charge is -2.22. The van der Waals surface area contributed by atoms with Crippen LogP contribution in [0.5, 0.6) is 0 Å². The Morgan fingerprint density at radius 3 is 2.60 bits per heavy atom. The van der Waals surface area contributed by atoms with E-state index in [1.807, 2.05) is 0 Å². The molecule has 15 heavy (non-hydrogen) atoms. The smallest absolute Gasteiger partial charge is 0.0477 e. The molecule has 1 aliphatic carbocycles. The van der Waals surface area contributed by atoms with E-state index in [2.05, 4.69) is 19.2 Å². The fourth-order valence-corrected chi connectivity index (χ4v) is 2.00. The molecular weight excluding hydrogens is 186 g/mol. The number of ether oxygens (including phenoxy) is 1. The topological polar surface area (TPSA) is 21.3 Å². The maximum atomic E-state index is 5.14. The first-order valence-corrected chi connectivity index (χ1v) is 6.46. The standard InChI is InChI=1S/C13H27NO/c1-11(2)13(8-10-15-3)14-9-4-5-12-6-7-12/h11-14H,4-10H2,1-3H3. The van der Waals surface area contributed by atoms with E-state index in [1.54, 1.807) is 7.11 Å². The highest BCUT2D eigenvalue weighted by Crippen LogP contribution is 2.33. The quantitative estimate of drug-likeness (QED) is 0.595. The second-order valence-corrected chi connectivity index (χ2v) is 5.17. The second kappa shape index (κ2) is 7.24. The van der Waals surface area contributed by atoms with Crippen LogP contribution in [0.25, 0.3) is 0 Å². The van der Waals surface area contributed by atoms with E-state index in [9.17, 15) is 0 Å². The molecule has 2 nitrogen and oxygen atoms in total. The SMILES string of the molecule is COCCC(NCCCC1CC1)C(C)C. The molecule has 0 spiro atoms. The van der Waals surface area contributed by atoms with Crippen molar-refractivity contribution in [2.75, 3.05) is 20.3 Å². The first-order chi connectivity index (χ1) is 7.24. The molecule has 0 aliphatic heterocycles. The second-order valence-electron chi connectivity index (χ2n) is 5.17. The van der Waals surface area contributed by atoms with E-state index in [-0.39, 0.29) is 0 Å². The molecule has 2 heteroatoms. The predicted molar refractivity (Wildman–Crippen MR) is 65.1 cm³/mol. The monoisotopic (exact) mass is 213 g/mol. The van der Waals surface area contributed by atoms with Crippen molar-refractivity contribution in [1.29, 1.82) is 0 Å². The minimum atomic E-state index is 0.629. The molecule has 0 bridgehead atoms. The summed E-state index contributed by atoms with van der Waals surface area (Å²) in [4.78, 5) is 0. The average Bonchev–Trinajstić information content (AvgIpc) is 3.00. The summed E-state index contributed by atoms with van der Waals surface area (Å²) in [6.07, 6.45) is 6.88. The summed E-state index contributed by atoms with van der Waals surface area (Å²) < 4.78 is 5.14. The lowest BCUT2D eigenvalue weighted by atomic mass is 10.0. The van der Waals surface area contributed by atoms with Crippen LogP contribution in [0, 0.1) is 11.8 Å². The number of nitrogens with one attached hydrogen (secondary N) is 1. The summed E-state index contributed by atoms with van der Waals surface area (Å²) in [5.41, 5.74) is 0. The van der Waals surface area contributed by atoms with Crippen LogP contribution in [0.3, 0.4) is 0 Å². The molecule has 0 aromatic heterocycles. The highest BCUT2D eigenvalue weighted by atomic mass is 16.5. The van der Waals surface area contributed by atoms with Crippen LogP contribution in [-0.4, -0.2) is 26.3 Å². The van der Waals surface area contributed by atoms with Crippen molar-refractivity contribution in [1.82, 2.24) is 5.32 Å². The van der Waals surface area contributed by atoms with Gasteiger partial charge >= 0.3 is 0 Å². The van der Waals surface area contributed by atoms with E-state index in [1.165, 1.54) is 32.2 Å². The molecule has 0 radical (unpaired) electrons. The Hall–Kier alpha value is -0.0800. The third-order valence-corrected chi connectivity index (χ3v) is 3.33. The fraction of sp³-hybridized carbons (Fsp3) is 1.00. The Morgan fingerprint density at radius 1 is 1.33 bits per heavy atom. The molecule has 1 unspecified atom stereocenters. The van der Waals surface area contributed by atoms with Crippen LogP contribution in [0.2, 0.25) is 0 Å². The molecule has 90 valence electrons. The van der Waals surface area contributed by atoms with Crippen LogP contribution in [-0.2, 0) is 4.74 Å². The number of rotatable bonds is 9. The van der Waals surface area contributed by atoms with E-state index < -0.39 is 0 Å². The summed E-state index contributed by atoms with van der Waals surface area (Å²) in [6.45, 7) is 6.63. The van der Waals surface area contributed by atoms with Gasteiger partial charge in [0.1, 0.15) is 0 Å². The van der Waals surface area contributed by atoms with Crippen molar-refractivity contribution in [2.24, 2.45) is 11.8 Å². The molecule has 1 fully saturated rings. The molecule has 1 rings (SSSR count). The van der Waals surface area contributed by atoms with Crippen molar-refractivity contribution >= 4 is 0 Å². The Morgan fingerprint density at radius 2 is 2.07 bits per heavy atom. The van der Waals surface area contributed by atoms with Gasteiger partial charge in [-0.2, -0.15) is 0 Å². The summed E-state index contributed by atoms with van der Waals surface area (Å²) in [7, 11) is 1.78. The third kappa shape index (κ3) is 6.16. The van der Waals surface area contributed by atoms with Gasteiger partial charge in [-0.25, -0.2) is 0 Å². The predicted octanol–water partition coefficient (Wildman–Crippen LogP) is 2.83. The zero-order valence-corrected chi connectivity index (χ0v) is 10.6. The van der Waals surface area contributed by atoms with Gasteiger partial charge in [0.15, 0.2) is 0 Å². The highest BCUT2D eigenvalue weighted by Gasteiger charge is 2.20. The first kappa shape index (κ1) is 13.0. The summed E-state index contributed by atoms with van der Waals surface area (Å²) in [5, 5.41) is 3.66. The van der Waals surface area contributed by atoms with Gasteiger partial charge < -0.3 is 10.1 Å². The molecule has 1 saturated carbocycles. The van der Waals surface area contributed by atoms with Crippen molar-refractivity contribution in [3.05, 3.63) is 0 Å². The first-order valence-electron chi connectivity index (χ1n) is 6.46. The van der Waals surface area contributed by atoms with Crippen LogP contribution >= 0.6 is 0 Å². The van der Waals surface area contributed by atoms with Gasteiger partial charge in [-0.05, 0) is 37.6 Å². The molecule has 0 aromatic rings. The molecule has 1 atom stereocenters. The van der Waals surface area contributed by atoms with Gasteiger partial charge in [0, 0.05) is 19.8 Å². The van der Waals surface area contributed by atoms with Crippen LogP contribution in [0.1, 0.15) is 46.0 Å². The third-order valence-electron chi connectivity index (χ3n) is 3.33. The van der Waals surface area contributed by atoms with Crippen LogP contribution in [0.15, 0.2) is 0 Å². The lowest BCUT2D eigenvalue weighted by molar-refractivity contribution is 0.173. The van der Waals surface area contributed by atoms with E-state index in [4.69, 9.17) is 4.74 Å². The highest BCUT2D eigenvalue weighted by molar-refractivity contribution is 4.74. The molecule has 0 amide bonds.